The van der Waals surface area contributed by atoms with Crippen molar-refractivity contribution in [2.45, 2.75) is 25.3 Å². The monoisotopic (exact) mass is 450 g/mol. The highest BCUT2D eigenvalue weighted by Gasteiger charge is 2.09. The molecule has 0 saturated heterocycles. The van der Waals surface area contributed by atoms with Crippen molar-refractivity contribution in [1.29, 1.82) is 0 Å². The Hall–Kier alpha value is -1.99. The fourth-order valence-electron chi connectivity index (χ4n) is 2.29. The molecular formula is C20H23BrN2O3S. The Kier molecular flexibility index (Phi) is 8.19. The number of carbonyl (C=O) groups excluding carboxylic acids is 2. The van der Waals surface area contributed by atoms with E-state index < -0.39 is 0 Å². The van der Waals surface area contributed by atoms with Crippen molar-refractivity contribution in [1.82, 2.24) is 10.6 Å². The Morgan fingerprint density at radius 1 is 1.04 bits per heavy atom. The van der Waals surface area contributed by atoms with E-state index in [4.69, 9.17) is 4.74 Å². The topological polar surface area (TPSA) is 67.4 Å². The number of nitrogens with one attached hydrogen (secondary N) is 2. The van der Waals surface area contributed by atoms with Crippen LogP contribution in [0.15, 0.2) is 45.8 Å². The van der Waals surface area contributed by atoms with Crippen molar-refractivity contribution in [3.05, 3.63) is 57.6 Å². The molecule has 0 saturated carbocycles. The summed E-state index contributed by atoms with van der Waals surface area (Å²) in [6.07, 6.45) is 0. The van der Waals surface area contributed by atoms with E-state index in [-0.39, 0.29) is 24.1 Å². The lowest BCUT2D eigenvalue weighted by Gasteiger charge is -2.10. The summed E-state index contributed by atoms with van der Waals surface area (Å²) < 4.78 is 6.15. The highest BCUT2D eigenvalue weighted by atomic mass is 79.9. The Morgan fingerprint density at radius 2 is 1.74 bits per heavy atom. The third-order valence-electron chi connectivity index (χ3n) is 3.91. The van der Waals surface area contributed by atoms with Crippen LogP contribution in [0.3, 0.4) is 0 Å². The normalized spacial score (nSPS) is 10.4. The van der Waals surface area contributed by atoms with Crippen molar-refractivity contribution >= 4 is 39.5 Å². The first-order valence-electron chi connectivity index (χ1n) is 8.45. The quantitative estimate of drug-likeness (QED) is 0.602. The van der Waals surface area contributed by atoms with E-state index in [1.54, 1.807) is 7.11 Å². The molecule has 0 aromatic heterocycles. The van der Waals surface area contributed by atoms with E-state index in [9.17, 15) is 9.59 Å². The van der Waals surface area contributed by atoms with Gasteiger partial charge in [-0.25, -0.2) is 0 Å². The van der Waals surface area contributed by atoms with E-state index in [0.717, 1.165) is 31.8 Å². The minimum atomic E-state index is -0.222. The zero-order chi connectivity index (χ0) is 19.8. The molecule has 0 atom stereocenters. The average molecular weight is 451 g/mol. The first-order valence-corrected chi connectivity index (χ1v) is 10.2. The lowest BCUT2D eigenvalue weighted by atomic mass is 10.2. The summed E-state index contributed by atoms with van der Waals surface area (Å²) in [5.41, 5.74) is 3.20. The van der Waals surface area contributed by atoms with Crippen LogP contribution < -0.4 is 15.4 Å². The second-order valence-corrected chi connectivity index (χ2v) is 7.93. The second-order valence-electron chi connectivity index (χ2n) is 6.06. The van der Waals surface area contributed by atoms with Gasteiger partial charge >= 0.3 is 0 Å². The lowest BCUT2D eigenvalue weighted by Crippen LogP contribution is -2.37. The van der Waals surface area contributed by atoms with Gasteiger partial charge < -0.3 is 15.4 Å². The van der Waals surface area contributed by atoms with Gasteiger partial charge in [0.1, 0.15) is 5.75 Å². The van der Waals surface area contributed by atoms with Gasteiger partial charge in [-0.1, -0.05) is 28.1 Å². The van der Waals surface area contributed by atoms with Crippen LogP contribution in [0.25, 0.3) is 0 Å². The van der Waals surface area contributed by atoms with Crippen LogP contribution in [-0.4, -0.2) is 31.2 Å². The number of carbonyl (C=O) groups is 2. The number of methoxy groups -OCH3 is 1. The molecule has 7 heteroatoms. The number of rotatable bonds is 8. The molecule has 0 bridgehead atoms. The molecule has 144 valence electrons. The molecule has 2 amide bonds. The van der Waals surface area contributed by atoms with Crippen LogP contribution in [0.4, 0.5) is 0 Å². The molecule has 0 spiro atoms. The highest BCUT2D eigenvalue weighted by molar-refractivity contribution is 9.10. The summed E-state index contributed by atoms with van der Waals surface area (Å²) >= 11 is 4.97. The standard InChI is InChI=1S/C20H23BrN2O3S/c1-13-9-18(14(2)8-17(13)21)27-12-20(25)23-11-19(24)22-10-15-4-6-16(26-3)7-5-15/h4-9H,10-12H2,1-3H3,(H,22,24)(H,23,25). The molecule has 0 aliphatic rings. The molecule has 0 aliphatic carbocycles. The SMILES string of the molecule is COc1ccc(CNC(=O)CNC(=O)CSc2cc(C)c(Br)cc2C)cc1. The number of thioether (sulfide) groups is 1. The maximum absolute atomic E-state index is 12.0. The van der Waals surface area contributed by atoms with E-state index in [0.29, 0.717) is 6.54 Å². The van der Waals surface area contributed by atoms with Gasteiger partial charge in [-0.3, -0.25) is 9.59 Å². The Bertz CT molecular complexity index is 810. The maximum atomic E-state index is 12.0. The summed E-state index contributed by atoms with van der Waals surface area (Å²) in [4.78, 5) is 25.0. The van der Waals surface area contributed by atoms with Gasteiger partial charge in [-0.15, -0.1) is 11.8 Å². The maximum Gasteiger partial charge on any atom is 0.239 e. The van der Waals surface area contributed by atoms with Crippen LogP contribution in [0.5, 0.6) is 5.75 Å². The third kappa shape index (κ3) is 6.92. The van der Waals surface area contributed by atoms with E-state index in [1.165, 1.54) is 11.8 Å². The molecule has 0 heterocycles. The molecule has 2 N–H and O–H groups in total. The summed E-state index contributed by atoms with van der Waals surface area (Å²) in [5, 5.41) is 5.43. The van der Waals surface area contributed by atoms with Gasteiger partial charge in [-0.05, 0) is 54.8 Å². The summed E-state index contributed by atoms with van der Waals surface area (Å²) in [5.74, 6) is 0.652. The van der Waals surface area contributed by atoms with Crippen LogP contribution in [0.2, 0.25) is 0 Å². The van der Waals surface area contributed by atoms with Gasteiger partial charge in [0.05, 0.1) is 19.4 Å². The Morgan fingerprint density at radius 3 is 2.41 bits per heavy atom. The van der Waals surface area contributed by atoms with Gasteiger partial charge in [0.15, 0.2) is 0 Å². The number of aryl methyl sites for hydroxylation is 2. The van der Waals surface area contributed by atoms with Crippen molar-refractivity contribution in [3.63, 3.8) is 0 Å². The number of hydrogen-bond donors (Lipinski definition) is 2. The molecule has 5 nitrogen and oxygen atoms in total. The molecule has 2 aromatic rings. The predicted molar refractivity (Wildman–Crippen MR) is 112 cm³/mol. The van der Waals surface area contributed by atoms with Crippen LogP contribution in [-0.2, 0) is 16.1 Å². The van der Waals surface area contributed by atoms with E-state index >= 15 is 0 Å². The molecule has 0 aliphatic heterocycles. The summed E-state index contributed by atoms with van der Waals surface area (Å²) in [7, 11) is 1.61. The fraction of sp³-hybridized carbons (Fsp3) is 0.300. The zero-order valence-electron chi connectivity index (χ0n) is 15.6. The number of benzene rings is 2. The first kappa shape index (κ1) is 21.3. The minimum absolute atomic E-state index is 0.0338. The summed E-state index contributed by atoms with van der Waals surface area (Å²) in [6, 6.07) is 11.5. The van der Waals surface area contributed by atoms with Crippen LogP contribution >= 0.6 is 27.7 Å². The molecule has 2 aromatic carbocycles. The van der Waals surface area contributed by atoms with Crippen molar-refractivity contribution in [3.8, 4) is 5.75 Å². The molecule has 0 radical (unpaired) electrons. The lowest BCUT2D eigenvalue weighted by molar-refractivity contribution is -0.124. The smallest absolute Gasteiger partial charge is 0.239 e. The van der Waals surface area contributed by atoms with Crippen LogP contribution in [0.1, 0.15) is 16.7 Å². The van der Waals surface area contributed by atoms with E-state index in [2.05, 4.69) is 32.6 Å². The number of amides is 2. The number of halogens is 1. The highest BCUT2D eigenvalue weighted by Crippen LogP contribution is 2.28. The van der Waals surface area contributed by atoms with Gasteiger partial charge in [-0.2, -0.15) is 0 Å². The average Bonchev–Trinajstić information content (AvgIpc) is 2.66. The Labute approximate surface area is 172 Å². The first-order chi connectivity index (χ1) is 12.9. The van der Waals surface area contributed by atoms with E-state index in [1.807, 2.05) is 44.2 Å². The third-order valence-corrected chi connectivity index (χ3v) is 5.92. The van der Waals surface area contributed by atoms with Gasteiger partial charge in [0.2, 0.25) is 11.8 Å². The van der Waals surface area contributed by atoms with Gasteiger partial charge in [0, 0.05) is 15.9 Å². The largest absolute Gasteiger partial charge is 0.497 e. The molecular weight excluding hydrogens is 428 g/mol. The molecule has 0 fully saturated rings. The molecule has 0 unspecified atom stereocenters. The van der Waals surface area contributed by atoms with Crippen molar-refractivity contribution in [2.24, 2.45) is 0 Å². The summed E-state index contributed by atoms with van der Waals surface area (Å²) in [6.45, 7) is 4.40. The van der Waals surface area contributed by atoms with Crippen molar-refractivity contribution in [2.75, 3.05) is 19.4 Å². The number of hydrogen-bond acceptors (Lipinski definition) is 4. The zero-order valence-corrected chi connectivity index (χ0v) is 18.0. The fourth-order valence-corrected chi connectivity index (χ4v) is 3.68. The predicted octanol–water partition coefficient (Wildman–Crippen LogP) is 3.60. The minimum Gasteiger partial charge on any atom is -0.497 e. The second kappa shape index (κ2) is 10.4. The molecule has 2 rings (SSSR count). The Balaban J connectivity index is 1.71. The molecule has 27 heavy (non-hydrogen) atoms. The van der Waals surface area contributed by atoms with Crippen molar-refractivity contribution < 1.29 is 14.3 Å². The van der Waals surface area contributed by atoms with Gasteiger partial charge in [0.25, 0.3) is 0 Å². The van der Waals surface area contributed by atoms with Crippen LogP contribution in [0, 0.1) is 13.8 Å². The number of ether oxygens (including phenoxy) is 1.